The lowest BCUT2D eigenvalue weighted by Crippen LogP contribution is -2.42. The fraction of sp³-hybridized carbons (Fsp3) is 0.444. The predicted molar refractivity (Wildman–Crippen MR) is 88.2 cm³/mol. The second kappa shape index (κ2) is 6.54. The van der Waals surface area contributed by atoms with E-state index in [0.29, 0.717) is 19.8 Å². The van der Waals surface area contributed by atoms with Crippen LogP contribution in [0.4, 0.5) is 0 Å². The van der Waals surface area contributed by atoms with Crippen LogP contribution in [0.3, 0.4) is 0 Å². The van der Waals surface area contributed by atoms with Crippen LogP contribution in [0.5, 0.6) is 0 Å². The minimum absolute atomic E-state index is 0.0363. The number of rotatable bonds is 3. The molecule has 5 nitrogen and oxygen atoms in total. The molecule has 0 aliphatic carbocycles. The molecule has 1 amide bonds. The highest BCUT2D eigenvalue weighted by Gasteiger charge is 2.31. The Bertz CT molecular complexity index is 694. The number of morpholine rings is 1. The van der Waals surface area contributed by atoms with Gasteiger partial charge in [0.05, 0.1) is 31.5 Å². The van der Waals surface area contributed by atoms with Crippen LogP contribution in [-0.2, 0) is 16.1 Å². The van der Waals surface area contributed by atoms with Crippen LogP contribution >= 0.6 is 0 Å². The summed E-state index contributed by atoms with van der Waals surface area (Å²) in [6.07, 6.45) is 0. The molecule has 1 aromatic heterocycles. The van der Waals surface area contributed by atoms with E-state index in [9.17, 15) is 4.79 Å². The molecule has 2 aromatic rings. The van der Waals surface area contributed by atoms with Gasteiger partial charge >= 0.3 is 0 Å². The minimum Gasteiger partial charge on any atom is -0.377 e. The number of hydrogen-bond donors (Lipinski definition) is 0. The molecule has 0 bridgehead atoms. The van der Waals surface area contributed by atoms with E-state index in [1.54, 1.807) is 6.92 Å². The number of carbonyl (C=O) groups is 1. The molecule has 1 aromatic carbocycles. The van der Waals surface area contributed by atoms with Crippen LogP contribution in [0, 0.1) is 13.8 Å². The second-order valence-electron chi connectivity index (χ2n) is 6.03. The summed E-state index contributed by atoms with van der Waals surface area (Å²) < 4.78 is 7.64. The molecule has 1 saturated heterocycles. The molecular formula is C18H23N3O2. The van der Waals surface area contributed by atoms with Crippen LogP contribution in [-0.4, -0.2) is 40.3 Å². The van der Waals surface area contributed by atoms with Crippen molar-refractivity contribution in [3.63, 3.8) is 0 Å². The molecule has 2 heterocycles. The van der Waals surface area contributed by atoms with Gasteiger partial charge in [0.1, 0.15) is 0 Å². The summed E-state index contributed by atoms with van der Waals surface area (Å²) >= 11 is 0. The third-order valence-corrected chi connectivity index (χ3v) is 4.48. The van der Waals surface area contributed by atoms with Crippen molar-refractivity contribution in [3.05, 3.63) is 52.8 Å². The van der Waals surface area contributed by atoms with Gasteiger partial charge in [0.15, 0.2) is 0 Å². The van der Waals surface area contributed by atoms with E-state index in [0.717, 1.165) is 23.5 Å². The number of aryl methyl sites for hydroxylation is 1. The Balaban J connectivity index is 1.92. The van der Waals surface area contributed by atoms with E-state index in [-0.39, 0.29) is 11.9 Å². The Labute approximate surface area is 136 Å². The zero-order valence-electron chi connectivity index (χ0n) is 14.0. The van der Waals surface area contributed by atoms with Gasteiger partial charge in [-0.25, -0.2) is 0 Å². The average molecular weight is 313 g/mol. The predicted octanol–water partition coefficient (Wildman–Crippen LogP) is 2.47. The maximum absolute atomic E-state index is 11.9. The van der Waals surface area contributed by atoms with Crippen LogP contribution in [0.15, 0.2) is 30.3 Å². The van der Waals surface area contributed by atoms with Crippen molar-refractivity contribution >= 4 is 5.91 Å². The van der Waals surface area contributed by atoms with E-state index in [2.05, 4.69) is 19.1 Å². The second-order valence-corrected chi connectivity index (χ2v) is 6.03. The Morgan fingerprint density at radius 2 is 2.04 bits per heavy atom. The quantitative estimate of drug-likeness (QED) is 0.874. The van der Waals surface area contributed by atoms with E-state index < -0.39 is 0 Å². The van der Waals surface area contributed by atoms with E-state index in [1.807, 2.05) is 34.7 Å². The molecule has 3 rings (SSSR count). The summed E-state index contributed by atoms with van der Waals surface area (Å²) in [5.41, 5.74) is 4.41. The molecule has 0 saturated carbocycles. The van der Waals surface area contributed by atoms with Crippen molar-refractivity contribution in [1.82, 2.24) is 14.7 Å². The zero-order chi connectivity index (χ0) is 16.4. The highest BCUT2D eigenvalue weighted by molar-refractivity contribution is 5.74. The molecule has 1 unspecified atom stereocenters. The fourth-order valence-electron chi connectivity index (χ4n) is 3.32. The third kappa shape index (κ3) is 3.15. The summed E-state index contributed by atoms with van der Waals surface area (Å²) in [5.74, 6) is 0.0907. The molecular weight excluding hydrogens is 290 g/mol. The summed E-state index contributed by atoms with van der Waals surface area (Å²) in [5, 5.41) is 4.70. The number of hydrogen-bond acceptors (Lipinski definition) is 3. The SMILES string of the molecule is CC(=O)N1CCOCC1c1c(C)nn(Cc2ccccc2)c1C. The summed E-state index contributed by atoms with van der Waals surface area (Å²) in [7, 11) is 0. The van der Waals surface area contributed by atoms with Crippen LogP contribution in [0.2, 0.25) is 0 Å². The lowest BCUT2D eigenvalue weighted by molar-refractivity contribution is -0.137. The standard InChI is InChI=1S/C18H23N3O2/c1-13-18(17-12-23-10-9-20(17)15(3)22)14(2)21(19-13)11-16-7-5-4-6-8-16/h4-8,17H,9-12H2,1-3H3. The van der Waals surface area contributed by atoms with Gasteiger partial charge in [0.2, 0.25) is 5.91 Å². The average Bonchev–Trinajstić information content (AvgIpc) is 2.82. The Morgan fingerprint density at radius 1 is 1.30 bits per heavy atom. The van der Waals surface area contributed by atoms with Crippen LogP contribution in [0.25, 0.3) is 0 Å². The fourth-order valence-corrected chi connectivity index (χ4v) is 3.32. The molecule has 1 fully saturated rings. The molecule has 0 N–H and O–H groups in total. The highest BCUT2D eigenvalue weighted by atomic mass is 16.5. The first-order valence-corrected chi connectivity index (χ1v) is 8.00. The first-order chi connectivity index (χ1) is 11.1. The molecule has 0 spiro atoms. The van der Waals surface area contributed by atoms with E-state index >= 15 is 0 Å². The summed E-state index contributed by atoms with van der Waals surface area (Å²) in [4.78, 5) is 13.8. The summed E-state index contributed by atoms with van der Waals surface area (Å²) in [6, 6.07) is 10.2. The van der Waals surface area contributed by atoms with Gasteiger partial charge in [-0.3, -0.25) is 9.48 Å². The Morgan fingerprint density at radius 3 is 2.74 bits per heavy atom. The number of amides is 1. The maximum atomic E-state index is 11.9. The highest BCUT2D eigenvalue weighted by Crippen LogP contribution is 2.29. The van der Waals surface area contributed by atoms with Crippen molar-refractivity contribution in [1.29, 1.82) is 0 Å². The van der Waals surface area contributed by atoms with Crippen molar-refractivity contribution in [2.24, 2.45) is 0 Å². The molecule has 23 heavy (non-hydrogen) atoms. The molecule has 5 heteroatoms. The van der Waals surface area contributed by atoms with Crippen LogP contribution < -0.4 is 0 Å². The monoisotopic (exact) mass is 313 g/mol. The Kier molecular flexibility index (Phi) is 4.48. The van der Waals surface area contributed by atoms with Gasteiger partial charge in [-0.1, -0.05) is 30.3 Å². The molecule has 1 atom stereocenters. The van der Waals surface area contributed by atoms with E-state index in [4.69, 9.17) is 9.84 Å². The Hall–Kier alpha value is -2.14. The largest absolute Gasteiger partial charge is 0.377 e. The molecule has 1 aliphatic rings. The van der Waals surface area contributed by atoms with Gasteiger partial charge in [-0.2, -0.15) is 5.10 Å². The number of aromatic nitrogens is 2. The number of benzene rings is 1. The van der Waals surface area contributed by atoms with Crippen molar-refractivity contribution in [3.8, 4) is 0 Å². The third-order valence-electron chi connectivity index (χ3n) is 4.48. The summed E-state index contributed by atoms with van der Waals surface area (Å²) in [6.45, 7) is 8.23. The normalized spacial score (nSPS) is 18.2. The van der Waals surface area contributed by atoms with Crippen molar-refractivity contribution in [2.45, 2.75) is 33.4 Å². The van der Waals surface area contributed by atoms with Crippen molar-refractivity contribution < 1.29 is 9.53 Å². The minimum atomic E-state index is -0.0363. The number of carbonyl (C=O) groups excluding carboxylic acids is 1. The van der Waals surface area contributed by atoms with Crippen LogP contribution in [0.1, 0.15) is 35.5 Å². The lowest BCUT2D eigenvalue weighted by atomic mass is 10.0. The number of ether oxygens (including phenoxy) is 1. The van der Waals surface area contributed by atoms with Gasteiger partial charge in [-0.05, 0) is 19.4 Å². The van der Waals surface area contributed by atoms with E-state index in [1.165, 1.54) is 5.56 Å². The smallest absolute Gasteiger partial charge is 0.220 e. The van der Waals surface area contributed by atoms with Gasteiger partial charge in [0, 0.05) is 24.7 Å². The number of nitrogens with zero attached hydrogens (tertiary/aromatic N) is 3. The molecule has 1 aliphatic heterocycles. The van der Waals surface area contributed by atoms with Gasteiger partial charge in [-0.15, -0.1) is 0 Å². The first kappa shape index (κ1) is 15.7. The first-order valence-electron chi connectivity index (χ1n) is 8.00. The lowest BCUT2D eigenvalue weighted by Gasteiger charge is -2.35. The zero-order valence-corrected chi connectivity index (χ0v) is 14.0. The molecule has 0 radical (unpaired) electrons. The van der Waals surface area contributed by atoms with Gasteiger partial charge < -0.3 is 9.64 Å². The maximum Gasteiger partial charge on any atom is 0.220 e. The van der Waals surface area contributed by atoms with Gasteiger partial charge in [0.25, 0.3) is 0 Å². The molecule has 122 valence electrons. The topological polar surface area (TPSA) is 47.4 Å². The van der Waals surface area contributed by atoms with Crippen molar-refractivity contribution in [2.75, 3.05) is 19.8 Å².